The molecule has 0 fully saturated rings. The molecule has 0 atom stereocenters. The maximum absolute atomic E-state index is 13.0. The predicted octanol–water partition coefficient (Wildman–Crippen LogP) is 5.17. The molecule has 30 heavy (non-hydrogen) atoms. The summed E-state index contributed by atoms with van der Waals surface area (Å²) in [4.78, 5) is 12.5. The normalized spacial score (nSPS) is 11.5. The zero-order valence-corrected chi connectivity index (χ0v) is 18.4. The topological polar surface area (TPSA) is 63.7 Å². The zero-order valence-electron chi connectivity index (χ0n) is 16.1. The van der Waals surface area contributed by atoms with Gasteiger partial charge in [0.05, 0.1) is 15.5 Å². The molecular weight excluding hydrogens is 445 g/mol. The van der Waals surface area contributed by atoms with Gasteiger partial charge in [-0.25, -0.2) is 13.2 Å². The van der Waals surface area contributed by atoms with Crippen LogP contribution in [0.25, 0.3) is 0 Å². The van der Waals surface area contributed by atoms with Crippen LogP contribution in [0.1, 0.15) is 21.5 Å². The Morgan fingerprint density at radius 3 is 2.30 bits per heavy atom. The third kappa shape index (κ3) is 5.21. The standard InChI is InChI=1S/C22H19Cl2NO4S/c1-25(14-16-7-3-2-4-8-16)30(27,28)18-11-12-21(24)19(13-18)22(26)29-15-17-9-5-6-10-20(17)23/h2-13H,14-15H2,1H3. The first-order valence-electron chi connectivity index (χ1n) is 8.99. The smallest absolute Gasteiger partial charge is 0.340 e. The summed E-state index contributed by atoms with van der Waals surface area (Å²) in [7, 11) is -2.36. The van der Waals surface area contributed by atoms with Crippen molar-refractivity contribution in [3.05, 3.63) is 99.5 Å². The first-order valence-corrected chi connectivity index (χ1v) is 11.2. The highest BCUT2D eigenvalue weighted by molar-refractivity contribution is 7.89. The molecule has 0 aromatic heterocycles. The van der Waals surface area contributed by atoms with Crippen LogP contribution in [0.5, 0.6) is 0 Å². The molecule has 0 aliphatic carbocycles. The third-order valence-corrected chi connectivity index (χ3v) is 6.93. The average Bonchev–Trinajstić information content (AvgIpc) is 2.73. The maximum Gasteiger partial charge on any atom is 0.340 e. The molecule has 0 spiro atoms. The van der Waals surface area contributed by atoms with Gasteiger partial charge < -0.3 is 4.74 Å². The van der Waals surface area contributed by atoms with Gasteiger partial charge in [0.25, 0.3) is 0 Å². The third-order valence-electron chi connectivity index (χ3n) is 4.43. The molecule has 0 amide bonds. The zero-order chi connectivity index (χ0) is 21.7. The fourth-order valence-corrected chi connectivity index (χ4v) is 4.33. The van der Waals surface area contributed by atoms with E-state index in [-0.39, 0.29) is 28.6 Å². The minimum absolute atomic E-state index is 0.0297. The molecule has 0 N–H and O–H groups in total. The lowest BCUT2D eigenvalue weighted by molar-refractivity contribution is 0.0473. The Balaban J connectivity index is 1.79. The summed E-state index contributed by atoms with van der Waals surface area (Å²) >= 11 is 12.2. The van der Waals surface area contributed by atoms with Crippen molar-refractivity contribution in [2.75, 3.05) is 7.05 Å². The summed E-state index contributed by atoms with van der Waals surface area (Å²) in [6.07, 6.45) is 0. The van der Waals surface area contributed by atoms with Crippen LogP contribution in [-0.4, -0.2) is 25.7 Å². The summed E-state index contributed by atoms with van der Waals surface area (Å²) in [5.41, 5.74) is 1.45. The fraction of sp³-hybridized carbons (Fsp3) is 0.136. The number of carbonyl (C=O) groups excluding carboxylic acids is 1. The number of rotatable bonds is 7. The van der Waals surface area contributed by atoms with Crippen molar-refractivity contribution < 1.29 is 17.9 Å². The molecule has 5 nitrogen and oxygen atoms in total. The van der Waals surface area contributed by atoms with E-state index >= 15 is 0 Å². The van der Waals surface area contributed by atoms with Crippen LogP contribution < -0.4 is 0 Å². The van der Waals surface area contributed by atoms with Gasteiger partial charge in [0.1, 0.15) is 6.61 Å². The first kappa shape index (κ1) is 22.3. The van der Waals surface area contributed by atoms with Crippen molar-refractivity contribution in [1.82, 2.24) is 4.31 Å². The molecule has 0 aliphatic heterocycles. The van der Waals surface area contributed by atoms with Crippen molar-refractivity contribution in [3.63, 3.8) is 0 Å². The van der Waals surface area contributed by atoms with E-state index in [1.54, 1.807) is 24.3 Å². The second-order valence-electron chi connectivity index (χ2n) is 6.56. The van der Waals surface area contributed by atoms with Gasteiger partial charge in [-0.15, -0.1) is 0 Å². The highest BCUT2D eigenvalue weighted by atomic mass is 35.5. The molecule has 0 radical (unpaired) electrons. The van der Waals surface area contributed by atoms with Crippen LogP contribution in [0.4, 0.5) is 0 Å². The molecule has 8 heteroatoms. The van der Waals surface area contributed by atoms with E-state index in [1.807, 2.05) is 30.3 Å². The molecule has 3 aromatic carbocycles. The number of nitrogens with zero attached hydrogens (tertiary/aromatic N) is 1. The fourth-order valence-electron chi connectivity index (χ4n) is 2.76. The van der Waals surface area contributed by atoms with E-state index in [1.165, 1.54) is 29.6 Å². The Labute approximate surface area is 185 Å². The van der Waals surface area contributed by atoms with E-state index in [0.29, 0.717) is 10.6 Å². The molecule has 0 saturated carbocycles. The van der Waals surface area contributed by atoms with Crippen molar-refractivity contribution in [2.24, 2.45) is 0 Å². The highest BCUT2D eigenvalue weighted by Crippen LogP contribution is 2.25. The molecule has 0 saturated heterocycles. The number of esters is 1. The van der Waals surface area contributed by atoms with E-state index in [0.717, 1.165) is 5.56 Å². The Hall–Kier alpha value is -2.38. The van der Waals surface area contributed by atoms with Gasteiger partial charge in [-0.05, 0) is 29.8 Å². The summed E-state index contributed by atoms with van der Waals surface area (Å²) in [5, 5.41) is 0.569. The number of sulfonamides is 1. The second kappa shape index (κ2) is 9.62. The Bertz CT molecular complexity index is 1150. The van der Waals surface area contributed by atoms with Crippen molar-refractivity contribution in [2.45, 2.75) is 18.0 Å². The Kier molecular flexibility index (Phi) is 7.15. The first-order chi connectivity index (χ1) is 14.3. The van der Waals surface area contributed by atoms with Crippen molar-refractivity contribution >= 4 is 39.2 Å². The van der Waals surface area contributed by atoms with Gasteiger partial charge in [-0.2, -0.15) is 4.31 Å². The molecule has 0 aliphatic rings. The number of ether oxygens (including phenoxy) is 1. The molecule has 0 heterocycles. The number of carbonyl (C=O) groups is 1. The van der Waals surface area contributed by atoms with E-state index in [2.05, 4.69) is 0 Å². The highest BCUT2D eigenvalue weighted by Gasteiger charge is 2.24. The molecule has 156 valence electrons. The second-order valence-corrected chi connectivity index (χ2v) is 9.42. The summed E-state index contributed by atoms with van der Waals surface area (Å²) in [6.45, 7) is 0.137. The largest absolute Gasteiger partial charge is 0.457 e. The summed E-state index contributed by atoms with van der Waals surface area (Å²) in [6, 6.07) is 20.1. The Morgan fingerprint density at radius 2 is 1.60 bits per heavy atom. The molecule has 0 bridgehead atoms. The lowest BCUT2D eigenvalue weighted by atomic mass is 10.2. The summed E-state index contributed by atoms with van der Waals surface area (Å²) in [5.74, 6) is -0.734. The van der Waals surface area contributed by atoms with Crippen LogP contribution in [0, 0.1) is 0 Å². The van der Waals surface area contributed by atoms with Gasteiger partial charge in [0.2, 0.25) is 10.0 Å². The van der Waals surface area contributed by atoms with Crippen molar-refractivity contribution in [1.29, 1.82) is 0 Å². The quantitative estimate of drug-likeness (QED) is 0.453. The average molecular weight is 464 g/mol. The monoisotopic (exact) mass is 463 g/mol. The number of hydrogen-bond acceptors (Lipinski definition) is 4. The molecule has 3 aromatic rings. The van der Waals surface area contributed by atoms with E-state index in [4.69, 9.17) is 27.9 Å². The predicted molar refractivity (Wildman–Crippen MR) is 117 cm³/mol. The van der Waals surface area contributed by atoms with Gasteiger partial charge in [0, 0.05) is 24.2 Å². The molecule has 3 rings (SSSR count). The Morgan fingerprint density at radius 1 is 0.933 bits per heavy atom. The van der Waals surface area contributed by atoms with Crippen LogP contribution >= 0.6 is 23.2 Å². The maximum atomic E-state index is 13.0. The van der Waals surface area contributed by atoms with Gasteiger partial charge in [-0.3, -0.25) is 0 Å². The SMILES string of the molecule is CN(Cc1ccccc1)S(=O)(=O)c1ccc(Cl)c(C(=O)OCc2ccccc2Cl)c1. The minimum Gasteiger partial charge on any atom is -0.457 e. The van der Waals surface area contributed by atoms with Crippen LogP contribution in [-0.2, 0) is 27.9 Å². The van der Waals surface area contributed by atoms with Gasteiger partial charge in [-0.1, -0.05) is 71.7 Å². The van der Waals surface area contributed by atoms with Gasteiger partial charge in [0.15, 0.2) is 0 Å². The molecular formula is C22H19Cl2NO4S. The van der Waals surface area contributed by atoms with E-state index in [9.17, 15) is 13.2 Å². The summed E-state index contributed by atoms with van der Waals surface area (Å²) < 4.78 is 32.4. The van der Waals surface area contributed by atoms with Crippen LogP contribution in [0.2, 0.25) is 10.0 Å². The number of hydrogen-bond donors (Lipinski definition) is 0. The van der Waals surface area contributed by atoms with Crippen LogP contribution in [0.15, 0.2) is 77.7 Å². The lowest BCUT2D eigenvalue weighted by Gasteiger charge is -2.18. The van der Waals surface area contributed by atoms with Gasteiger partial charge >= 0.3 is 5.97 Å². The minimum atomic E-state index is -3.84. The van der Waals surface area contributed by atoms with Crippen LogP contribution in [0.3, 0.4) is 0 Å². The number of benzene rings is 3. The molecule has 0 unspecified atom stereocenters. The van der Waals surface area contributed by atoms with Crippen molar-refractivity contribution in [3.8, 4) is 0 Å². The van der Waals surface area contributed by atoms with E-state index < -0.39 is 16.0 Å². The lowest BCUT2D eigenvalue weighted by Crippen LogP contribution is -2.26. The number of halogens is 2.